The van der Waals surface area contributed by atoms with Gasteiger partial charge in [0.25, 0.3) is 0 Å². The highest BCUT2D eigenvalue weighted by atomic mass is 79.9. The molecule has 0 amide bonds. The summed E-state index contributed by atoms with van der Waals surface area (Å²) in [5.74, 6) is 1.36. The third-order valence-corrected chi connectivity index (χ3v) is 4.97. The molecule has 0 spiro atoms. The van der Waals surface area contributed by atoms with E-state index in [0.717, 1.165) is 27.2 Å². The molecule has 3 rings (SSSR count). The molecule has 19 heavy (non-hydrogen) atoms. The van der Waals surface area contributed by atoms with Gasteiger partial charge in [-0.15, -0.1) is 22.9 Å². The standard InChI is InChI=1S/C14H12BrClN2S/c1-9-3-2-4-11-14(9)17-13(7-16)18(11)8-10-5-6-12(15)19-10/h2-6H,7-8H2,1H3. The van der Waals surface area contributed by atoms with Crippen molar-refractivity contribution in [3.05, 3.63) is 50.4 Å². The van der Waals surface area contributed by atoms with Crippen LogP contribution in [0.25, 0.3) is 11.0 Å². The minimum absolute atomic E-state index is 0.431. The molecule has 0 fully saturated rings. The summed E-state index contributed by atoms with van der Waals surface area (Å²) in [5.41, 5.74) is 3.39. The first-order valence-corrected chi connectivity index (χ1v) is 8.08. The lowest BCUT2D eigenvalue weighted by atomic mass is 10.2. The van der Waals surface area contributed by atoms with Crippen LogP contribution < -0.4 is 0 Å². The van der Waals surface area contributed by atoms with E-state index in [9.17, 15) is 0 Å². The zero-order chi connectivity index (χ0) is 13.4. The summed E-state index contributed by atoms with van der Waals surface area (Å²) in [6, 6.07) is 10.5. The van der Waals surface area contributed by atoms with E-state index in [1.165, 1.54) is 10.4 Å². The van der Waals surface area contributed by atoms with Crippen molar-refractivity contribution in [1.82, 2.24) is 9.55 Å². The number of halogens is 2. The SMILES string of the molecule is Cc1cccc2c1nc(CCl)n2Cc1ccc(Br)s1. The van der Waals surface area contributed by atoms with Crippen LogP contribution in [0, 0.1) is 6.92 Å². The molecule has 0 saturated heterocycles. The molecule has 0 unspecified atom stereocenters. The number of aryl methyl sites for hydroxylation is 1. The molecular weight excluding hydrogens is 344 g/mol. The number of rotatable bonds is 3. The van der Waals surface area contributed by atoms with Crippen molar-refractivity contribution in [2.24, 2.45) is 0 Å². The maximum atomic E-state index is 6.04. The fraction of sp³-hybridized carbons (Fsp3) is 0.214. The lowest BCUT2D eigenvalue weighted by Crippen LogP contribution is -2.02. The van der Waals surface area contributed by atoms with Crippen molar-refractivity contribution in [1.29, 1.82) is 0 Å². The number of hydrogen-bond acceptors (Lipinski definition) is 2. The van der Waals surface area contributed by atoms with Gasteiger partial charge in [0.2, 0.25) is 0 Å². The first-order chi connectivity index (χ1) is 9.19. The summed E-state index contributed by atoms with van der Waals surface area (Å²) < 4.78 is 3.35. The zero-order valence-electron chi connectivity index (χ0n) is 10.4. The van der Waals surface area contributed by atoms with Crippen LogP contribution in [0.15, 0.2) is 34.1 Å². The van der Waals surface area contributed by atoms with Gasteiger partial charge in [-0.25, -0.2) is 4.98 Å². The smallest absolute Gasteiger partial charge is 0.125 e. The summed E-state index contributed by atoms with van der Waals surface area (Å²) in [7, 11) is 0. The van der Waals surface area contributed by atoms with Crippen LogP contribution >= 0.6 is 38.9 Å². The number of alkyl halides is 1. The molecule has 0 aliphatic heterocycles. The molecule has 0 bridgehead atoms. The Kier molecular flexibility index (Phi) is 3.65. The van der Waals surface area contributed by atoms with Gasteiger partial charge in [-0.3, -0.25) is 0 Å². The second kappa shape index (κ2) is 5.27. The molecule has 2 nitrogen and oxygen atoms in total. The molecule has 0 radical (unpaired) electrons. The summed E-state index contributed by atoms with van der Waals surface area (Å²) in [6.07, 6.45) is 0. The van der Waals surface area contributed by atoms with Crippen molar-refractivity contribution < 1.29 is 0 Å². The summed E-state index contributed by atoms with van der Waals surface area (Å²) in [6.45, 7) is 2.90. The van der Waals surface area contributed by atoms with Gasteiger partial charge in [-0.05, 0) is 46.6 Å². The number of imidazole rings is 1. The fourth-order valence-corrected chi connectivity index (χ4v) is 3.88. The normalized spacial score (nSPS) is 11.3. The molecule has 5 heteroatoms. The molecule has 0 aliphatic rings. The predicted octanol–water partition coefficient (Wildman–Crippen LogP) is 4.96. The second-order valence-electron chi connectivity index (χ2n) is 4.40. The van der Waals surface area contributed by atoms with Gasteiger partial charge in [0.05, 0.1) is 27.2 Å². The van der Waals surface area contributed by atoms with Gasteiger partial charge in [0, 0.05) is 4.88 Å². The van der Waals surface area contributed by atoms with Crippen LogP contribution in [0.3, 0.4) is 0 Å². The third kappa shape index (κ3) is 2.45. The van der Waals surface area contributed by atoms with Crippen molar-refractivity contribution in [2.45, 2.75) is 19.3 Å². The fourth-order valence-electron chi connectivity index (χ4n) is 2.21. The van der Waals surface area contributed by atoms with E-state index in [1.807, 2.05) is 0 Å². The Labute approximate surface area is 129 Å². The molecule has 0 atom stereocenters. The molecule has 98 valence electrons. The number of hydrogen-bond donors (Lipinski definition) is 0. The quantitative estimate of drug-likeness (QED) is 0.607. The van der Waals surface area contributed by atoms with Gasteiger partial charge < -0.3 is 4.57 Å². The Morgan fingerprint density at radius 2 is 2.16 bits per heavy atom. The molecule has 3 aromatic rings. The first-order valence-electron chi connectivity index (χ1n) is 5.94. The van der Waals surface area contributed by atoms with Crippen LogP contribution in [0.2, 0.25) is 0 Å². The topological polar surface area (TPSA) is 17.8 Å². The van der Waals surface area contributed by atoms with Gasteiger partial charge in [-0.1, -0.05) is 12.1 Å². The Bertz CT molecular complexity index is 732. The minimum atomic E-state index is 0.431. The molecule has 1 aromatic carbocycles. The maximum Gasteiger partial charge on any atom is 0.125 e. The van der Waals surface area contributed by atoms with Crippen LogP contribution in [-0.4, -0.2) is 9.55 Å². The number of fused-ring (bicyclic) bond motifs is 1. The van der Waals surface area contributed by atoms with E-state index < -0.39 is 0 Å². The molecular formula is C14H12BrClN2S. The maximum absolute atomic E-state index is 6.04. The summed E-state index contributed by atoms with van der Waals surface area (Å²) in [5, 5.41) is 0. The van der Waals surface area contributed by atoms with Crippen LogP contribution in [0.1, 0.15) is 16.3 Å². The van der Waals surface area contributed by atoms with E-state index in [-0.39, 0.29) is 0 Å². The highest BCUT2D eigenvalue weighted by Crippen LogP contribution is 2.26. The summed E-state index contributed by atoms with van der Waals surface area (Å²) in [4.78, 5) is 5.95. The third-order valence-electron chi connectivity index (χ3n) is 3.12. The van der Waals surface area contributed by atoms with E-state index in [2.05, 4.69) is 62.7 Å². The van der Waals surface area contributed by atoms with E-state index in [1.54, 1.807) is 11.3 Å². The van der Waals surface area contributed by atoms with E-state index in [0.29, 0.717) is 5.88 Å². The van der Waals surface area contributed by atoms with E-state index in [4.69, 9.17) is 11.6 Å². The summed E-state index contributed by atoms with van der Waals surface area (Å²) >= 11 is 11.3. The number of thiophene rings is 1. The molecule has 0 aliphatic carbocycles. The number of aromatic nitrogens is 2. The Morgan fingerprint density at radius 3 is 2.84 bits per heavy atom. The van der Waals surface area contributed by atoms with Crippen LogP contribution in [0.4, 0.5) is 0 Å². The zero-order valence-corrected chi connectivity index (χ0v) is 13.5. The monoisotopic (exact) mass is 354 g/mol. The Morgan fingerprint density at radius 1 is 1.32 bits per heavy atom. The van der Waals surface area contributed by atoms with Gasteiger partial charge in [0.1, 0.15) is 5.82 Å². The lowest BCUT2D eigenvalue weighted by molar-refractivity contribution is 0.789. The second-order valence-corrected chi connectivity index (χ2v) is 7.21. The highest BCUT2D eigenvalue weighted by molar-refractivity contribution is 9.11. The van der Waals surface area contributed by atoms with Gasteiger partial charge in [0.15, 0.2) is 0 Å². The largest absolute Gasteiger partial charge is 0.322 e. The highest BCUT2D eigenvalue weighted by Gasteiger charge is 2.12. The lowest BCUT2D eigenvalue weighted by Gasteiger charge is -2.06. The average Bonchev–Trinajstić information content (AvgIpc) is 2.96. The molecule has 2 aromatic heterocycles. The Hall–Kier alpha value is -0.840. The van der Waals surface area contributed by atoms with Crippen molar-refractivity contribution in [3.8, 4) is 0 Å². The molecule has 2 heterocycles. The number of nitrogens with zero attached hydrogens (tertiary/aromatic N) is 2. The van der Waals surface area contributed by atoms with Crippen molar-refractivity contribution >= 4 is 49.9 Å². The molecule has 0 N–H and O–H groups in total. The first kappa shape index (κ1) is 13.2. The minimum Gasteiger partial charge on any atom is -0.322 e. The van der Waals surface area contributed by atoms with Crippen LogP contribution in [-0.2, 0) is 12.4 Å². The van der Waals surface area contributed by atoms with Crippen molar-refractivity contribution in [3.63, 3.8) is 0 Å². The van der Waals surface area contributed by atoms with Gasteiger partial charge in [-0.2, -0.15) is 0 Å². The predicted molar refractivity (Wildman–Crippen MR) is 85.1 cm³/mol. The molecule has 0 saturated carbocycles. The van der Waals surface area contributed by atoms with Crippen molar-refractivity contribution in [2.75, 3.05) is 0 Å². The number of benzene rings is 1. The average molecular weight is 356 g/mol. The Balaban J connectivity index is 2.13. The number of para-hydroxylation sites is 1. The van der Waals surface area contributed by atoms with Gasteiger partial charge >= 0.3 is 0 Å². The van der Waals surface area contributed by atoms with Crippen LogP contribution in [0.5, 0.6) is 0 Å². The van der Waals surface area contributed by atoms with E-state index >= 15 is 0 Å².